The molecule has 1 aromatic carbocycles. The Kier molecular flexibility index (Phi) is 2.36. The van der Waals surface area contributed by atoms with Gasteiger partial charge in [0.1, 0.15) is 5.84 Å². The van der Waals surface area contributed by atoms with Gasteiger partial charge < -0.3 is 16.2 Å². The number of nitrogens with zero attached hydrogens (tertiary/aromatic N) is 1. The van der Waals surface area contributed by atoms with Gasteiger partial charge in [-0.3, -0.25) is 0 Å². The van der Waals surface area contributed by atoms with Gasteiger partial charge in [0.05, 0.1) is 0 Å². The van der Waals surface area contributed by atoms with Gasteiger partial charge >= 0.3 is 5.97 Å². The highest BCUT2D eigenvalue weighted by Crippen LogP contribution is 2.25. The molecule has 1 aromatic rings. The maximum atomic E-state index is 11.4. The number of nitrogens with one attached hydrogen (secondary N) is 1. The predicted octanol–water partition coefficient (Wildman–Crippen LogP) is 0.398. The lowest BCUT2D eigenvalue weighted by Gasteiger charge is -2.28. The van der Waals surface area contributed by atoms with Crippen molar-refractivity contribution >= 4 is 11.8 Å². The molecule has 0 saturated heterocycles. The molecule has 0 amide bonds. The van der Waals surface area contributed by atoms with E-state index in [-0.39, 0.29) is 5.84 Å². The smallest absolute Gasteiger partial charge is 0.357 e. The van der Waals surface area contributed by atoms with E-state index in [0.717, 1.165) is 0 Å². The minimum absolute atomic E-state index is 0.185. The van der Waals surface area contributed by atoms with Crippen LogP contribution in [0.3, 0.4) is 0 Å². The first kappa shape index (κ1) is 10.2. The first-order chi connectivity index (χ1) is 7.65. The highest BCUT2D eigenvalue weighted by molar-refractivity contribution is 5.96. The number of aliphatic carboxylic acids is 1. The second-order valence-corrected chi connectivity index (χ2v) is 3.40. The Balaban J connectivity index is 2.54. The number of rotatable bonds is 2. The van der Waals surface area contributed by atoms with Gasteiger partial charge in [-0.05, 0) is 6.08 Å². The fourth-order valence-electron chi connectivity index (χ4n) is 1.57. The van der Waals surface area contributed by atoms with E-state index in [0.29, 0.717) is 5.56 Å². The first-order valence-corrected chi connectivity index (χ1v) is 4.73. The Labute approximate surface area is 92.3 Å². The fraction of sp³-hybridized carbons (Fsp3) is 0.0909. The van der Waals surface area contributed by atoms with Crippen LogP contribution < -0.4 is 11.1 Å². The number of benzene rings is 1. The average molecular weight is 217 g/mol. The van der Waals surface area contributed by atoms with Crippen LogP contribution in [0.5, 0.6) is 0 Å². The maximum Gasteiger partial charge on any atom is 0.357 e. The number of hydrogen-bond donors (Lipinski definition) is 3. The molecule has 1 heterocycles. The molecular weight excluding hydrogens is 206 g/mol. The minimum Gasteiger partial charge on any atom is -0.478 e. The van der Waals surface area contributed by atoms with E-state index in [4.69, 9.17) is 5.73 Å². The summed E-state index contributed by atoms with van der Waals surface area (Å²) in [6.45, 7) is 0. The van der Waals surface area contributed by atoms with E-state index in [1.807, 2.05) is 6.07 Å². The van der Waals surface area contributed by atoms with Gasteiger partial charge in [0.2, 0.25) is 0 Å². The van der Waals surface area contributed by atoms with Crippen molar-refractivity contribution in [3.63, 3.8) is 0 Å². The van der Waals surface area contributed by atoms with E-state index in [1.165, 1.54) is 12.3 Å². The van der Waals surface area contributed by atoms with Crippen molar-refractivity contribution < 1.29 is 9.90 Å². The molecule has 0 saturated carbocycles. The highest BCUT2D eigenvalue weighted by Gasteiger charge is 2.40. The molecule has 0 radical (unpaired) electrons. The van der Waals surface area contributed by atoms with Crippen LogP contribution in [-0.4, -0.2) is 16.9 Å². The fourth-order valence-corrected chi connectivity index (χ4v) is 1.57. The normalized spacial score (nSPS) is 23.4. The monoisotopic (exact) mass is 217 g/mol. The molecule has 1 aliphatic heterocycles. The van der Waals surface area contributed by atoms with Gasteiger partial charge in [0, 0.05) is 11.8 Å². The van der Waals surface area contributed by atoms with Gasteiger partial charge in [-0.15, -0.1) is 0 Å². The Morgan fingerprint density at radius 1 is 1.38 bits per heavy atom. The van der Waals surface area contributed by atoms with Crippen molar-refractivity contribution in [1.82, 2.24) is 5.32 Å². The Morgan fingerprint density at radius 3 is 2.62 bits per heavy atom. The van der Waals surface area contributed by atoms with E-state index in [2.05, 4.69) is 10.3 Å². The molecule has 4 N–H and O–H groups in total. The van der Waals surface area contributed by atoms with Crippen LogP contribution in [0.25, 0.3) is 0 Å². The zero-order chi connectivity index (χ0) is 11.6. The van der Waals surface area contributed by atoms with Gasteiger partial charge in [0.15, 0.2) is 0 Å². The van der Waals surface area contributed by atoms with Crippen LogP contribution >= 0.6 is 0 Å². The number of carboxylic acids is 1. The number of aliphatic imine (C=N–C) groups is 1. The van der Waals surface area contributed by atoms with Gasteiger partial charge in [0.25, 0.3) is 5.66 Å². The zero-order valence-electron chi connectivity index (χ0n) is 8.42. The topological polar surface area (TPSA) is 87.7 Å². The maximum absolute atomic E-state index is 11.4. The Bertz CT molecular complexity index is 467. The first-order valence-electron chi connectivity index (χ1n) is 4.73. The van der Waals surface area contributed by atoms with Crippen molar-refractivity contribution in [3.05, 3.63) is 48.2 Å². The van der Waals surface area contributed by atoms with E-state index < -0.39 is 11.6 Å². The van der Waals surface area contributed by atoms with E-state index >= 15 is 0 Å². The van der Waals surface area contributed by atoms with Gasteiger partial charge in [-0.1, -0.05) is 30.3 Å². The molecule has 0 aliphatic carbocycles. The third-order valence-corrected chi connectivity index (χ3v) is 2.34. The van der Waals surface area contributed by atoms with Crippen LogP contribution in [0.4, 0.5) is 0 Å². The van der Waals surface area contributed by atoms with Crippen molar-refractivity contribution in [2.75, 3.05) is 0 Å². The lowest BCUT2D eigenvalue weighted by Crippen LogP contribution is -2.48. The third kappa shape index (κ3) is 1.52. The predicted molar refractivity (Wildman–Crippen MR) is 59.7 cm³/mol. The number of nitrogens with two attached hydrogens (primary N) is 1. The summed E-state index contributed by atoms with van der Waals surface area (Å²) in [5.41, 5.74) is 4.57. The van der Waals surface area contributed by atoms with Crippen molar-refractivity contribution in [1.29, 1.82) is 0 Å². The quantitative estimate of drug-likeness (QED) is 0.669. The summed E-state index contributed by atoms with van der Waals surface area (Å²) in [4.78, 5) is 15.3. The Hall–Kier alpha value is -2.30. The number of amidine groups is 1. The Morgan fingerprint density at radius 2 is 2.06 bits per heavy atom. The zero-order valence-corrected chi connectivity index (χ0v) is 8.42. The molecule has 0 spiro atoms. The molecule has 16 heavy (non-hydrogen) atoms. The second-order valence-electron chi connectivity index (χ2n) is 3.40. The van der Waals surface area contributed by atoms with Crippen LogP contribution in [0.15, 0.2) is 47.6 Å². The number of carboxylic acid groups (broad SMARTS) is 1. The molecule has 82 valence electrons. The lowest BCUT2D eigenvalue weighted by molar-refractivity contribution is -0.144. The van der Waals surface area contributed by atoms with Gasteiger partial charge in [-0.25, -0.2) is 9.79 Å². The molecule has 1 atom stereocenters. The minimum atomic E-state index is -1.51. The summed E-state index contributed by atoms with van der Waals surface area (Å²) in [5, 5.41) is 12.0. The molecule has 0 aromatic heterocycles. The van der Waals surface area contributed by atoms with Crippen LogP contribution in [0, 0.1) is 0 Å². The van der Waals surface area contributed by atoms with E-state index in [9.17, 15) is 9.90 Å². The van der Waals surface area contributed by atoms with Crippen LogP contribution in [-0.2, 0) is 10.5 Å². The SMILES string of the molecule is NC1=NC(C(=O)O)(c2ccccc2)NC=C1. The largest absolute Gasteiger partial charge is 0.478 e. The summed E-state index contributed by atoms with van der Waals surface area (Å²) >= 11 is 0. The molecule has 2 rings (SSSR count). The molecule has 1 aliphatic rings. The van der Waals surface area contributed by atoms with Crippen molar-refractivity contribution in [3.8, 4) is 0 Å². The van der Waals surface area contributed by atoms with E-state index in [1.54, 1.807) is 24.3 Å². The lowest BCUT2D eigenvalue weighted by atomic mass is 9.99. The summed E-state index contributed by atoms with van der Waals surface area (Å²) in [7, 11) is 0. The highest BCUT2D eigenvalue weighted by atomic mass is 16.4. The van der Waals surface area contributed by atoms with Gasteiger partial charge in [-0.2, -0.15) is 0 Å². The summed E-state index contributed by atoms with van der Waals surface area (Å²) in [5.74, 6) is -0.906. The molecule has 0 bridgehead atoms. The molecule has 1 unspecified atom stereocenters. The molecular formula is C11H11N3O2. The average Bonchev–Trinajstić information content (AvgIpc) is 2.30. The molecule has 5 nitrogen and oxygen atoms in total. The second kappa shape index (κ2) is 3.69. The van der Waals surface area contributed by atoms with Crippen LogP contribution in [0.2, 0.25) is 0 Å². The number of hydrogen-bond acceptors (Lipinski definition) is 4. The summed E-state index contributed by atoms with van der Waals surface area (Å²) in [6.07, 6.45) is 3.01. The summed E-state index contributed by atoms with van der Waals surface area (Å²) < 4.78 is 0. The van der Waals surface area contributed by atoms with Crippen LogP contribution in [0.1, 0.15) is 5.56 Å². The summed E-state index contributed by atoms with van der Waals surface area (Å²) in [6, 6.07) is 8.70. The molecule has 0 fully saturated rings. The van der Waals surface area contributed by atoms with Crippen molar-refractivity contribution in [2.24, 2.45) is 10.7 Å². The standard InChI is InChI=1S/C11H11N3O2/c12-9-6-7-13-11(14-9,10(15)16)8-4-2-1-3-5-8/h1-7,13H,(H2,12,14)(H,15,16). The number of carbonyl (C=O) groups is 1. The molecule has 5 heteroatoms. The third-order valence-electron chi connectivity index (χ3n) is 2.34. The van der Waals surface area contributed by atoms with Crippen molar-refractivity contribution in [2.45, 2.75) is 5.66 Å².